The predicted octanol–water partition coefficient (Wildman–Crippen LogP) is 3.08. The zero-order valence-corrected chi connectivity index (χ0v) is 15.7. The molecule has 8 heteroatoms. The minimum Gasteiger partial charge on any atom is -0.345 e. The molecule has 0 aliphatic carbocycles. The van der Waals surface area contributed by atoms with Gasteiger partial charge in [0.25, 0.3) is 5.91 Å². The van der Waals surface area contributed by atoms with Crippen LogP contribution in [0.2, 0.25) is 5.02 Å². The highest BCUT2D eigenvalue weighted by Gasteiger charge is 2.40. The molecular formula is C16H17ClN2O3S2. The molecule has 128 valence electrons. The maximum Gasteiger partial charge on any atom is 0.263 e. The smallest absolute Gasteiger partial charge is 0.263 e. The van der Waals surface area contributed by atoms with Crippen molar-refractivity contribution in [3.63, 3.8) is 0 Å². The van der Waals surface area contributed by atoms with E-state index in [1.807, 2.05) is 12.1 Å². The first-order valence-corrected chi connectivity index (χ1v) is 10.5. The van der Waals surface area contributed by atoms with Gasteiger partial charge in [0, 0.05) is 10.6 Å². The van der Waals surface area contributed by atoms with Gasteiger partial charge in [-0.2, -0.15) is 0 Å². The normalized spacial score (nSPS) is 22.5. The second kappa shape index (κ2) is 6.13. The van der Waals surface area contributed by atoms with Gasteiger partial charge in [0.2, 0.25) is 0 Å². The fourth-order valence-electron chi connectivity index (χ4n) is 2.79. The van der Waals surface area contributed by atoms with Crippen LogP contribution >= 0.6 is 22.9 Å². The number of carbonyl (C=O) groups is 1. The number of hydrogen-bond donors (Lipinski definition) is 1. The maximum absolute atomic E-state index is 12.6. The minimum absolute atomic E-state index is 0.0231. The van der Waals surface area contributed by atoms with Gasteiger partial charge in [-0.05, 0) is 32.4 Å². The van der Waals surface area contributed by atoms with Gasteiger partial charge in [0.05, 0.1) is 22.7 Å². The van der Waals surface area contributed by atoms with Crippen molar-refractivity contribution in [1.29, 1.82) is 0 Å². The first kappa shape index (κ1) is 17.4. The summed E-state index contributed by atoms with van der Waals surface area (Å²) in [6.07, 6.45) is 0.431. The highest BCUT2D eigenvalue weighted by Crippen LogP contribution is 2.30. The molecule has 1 saturated heterocycles. The summed E-state index contributed by atoms with van der Waals surface area (Å²) in [5.41, 5.74) is 0.754. The molecule has 1 unspecified atom stereocenters. The van der Waals surface area contributed by atoms with Crippen LogP contribution in [0.25, 0.3) is 10.6 Å². The fourth-order valence-corrected chi connectivity index (χ4v) is 6.03. The van der Waals surface area contributed by atoms with Crippen molar-refractivity contribution in [2.24, 2.45) is 0 Å². The molecule has 0 bridgehead atoms. The summed E-state index contributed by atoms with van der Waals surface area (Å²) in [5, 5.41) is 4.19. The van der Waals surface area contributed by atoms with Crippen molar-refractivity contribution in [2.75, 3.05) is 11.5 Å². The van der Waals surface area contributed by atoms with E-state index in [1.165, 1.54) is 11.3 Å². The van der Waals surface area contributed by atoms with Crippen LogP contribution < -0.4 is 5.32 Å². The van der Waals surface area contributed by atoms with Crippen LogP contribution in [0.15, 0.2) is 24.3 Å². The third-order valence-electron chi connectivity index (χ3n) is 3.99. The number of thiazole rings is 1. The number of carbonyl (C=O) groups excluding carboxylic acids is 1. The Morgan fingerprint density at radius 2 is 2.17 bits per heavy atom. The zero-order valence-electron chi connectivity index (χ0n) is 13.3. The quantitative estimate of drug-likeness (QED) is 0.882. The Balaban J connectivity index is 1.84. The number of halogens is 1. The Kier molecular flexibility index (Phi) is 4.44. The number of rotatable bonds is 3. The Bertz CT molecular complexity index is 908. The molecular weight excluding hydrogens is 368 g/mol. The molecule has 0 saturated carbocycles. The molecule has 2 aromatic rings. The molecule has 1 aliphatic heterocycles. The van der Waals surface area contributed by atoms with Gasteiger partial charge in [-0.3, -0.25) is 4.79 Å². The largest absolute Gasteiger partial charge is 0.345 e. The molecule has 5 nitrogen and oxygen atoms in total. The van der Waals surface area contributed by atoms with Crippen molar-refractivity contribution >= 4 is 38.7 Å². The topological polar surface area (TPSA) is 76.1 Å². The molecule has 1 N–H and O–H groups in total. The van der Waals surface area contributed by atoms with E-state index in [0.717, 1.165) is 5.56 Å². The van der Waals surface area contributed by atoms with Gasteiger partial charge in [0.15, 0.2) is 9.84 Å². The third kappa shape index (κ3) is 3.63. The Morgan fingerprint density at radius 1 is 1.42 bits per heavy atom. The number of hydrogen-bond acceptors (Lipinski definition) is 5. The Labute approximate surface area is 150 Å². The van der Waals surface area contributed by atoms with Crippen molar-refractivity contribution in [3.05, 3.63) is 39.9 Å². The summed E-state index contributed by atoms with van der Waals surface area (Å²) in [4.78, 5) is 17.5. The van der Waals surface area contributed by atoms with Crippen LogP contribution in [0.4, 0.5) is 0 Å². The van der Waals surface area contributed by atoms with E-state index in [0.29, 0.717) is 27.0 Å². The van der Waals surface area contributed by atoms with E-state index in [4.69, 9.17) is 11.6 Å². The van der Waals surface area contributed by atoms with Crippen LogP contribution in [0.3, 0.4) is 0 Å². The van der Waals surface area contributed by atoms with E-state index in [2.05, 4.69) is 10.3 Å². The standard InChI is InChI=1S/C16H17ClN2O3S2/c1-10-13(14(20)19-16(2)6-7-24(21,22)9-16)23-15(18-10)11-4-3-5-12(17)8-11/h3-5,8H,6-7,9H2,1-2H3,(H,19,20). The molecule has 0 spiro atoms. The highest BCUT2D eigenvalue weighted by molar-refractivity contribution is 7.91. The van der Waals surface area contributed by atoms with Crippen LogP contribution in [-0.4, -0.2) is 36.4 Å². The summed E-state index contributed by atoms with van der Waals surface area (Å²) in [6.45, 7) is 3.54. The second-order valence-corrected chi connectivity index (χ2v) is 9.92. The SMILES string of the molecule is Cc1nc(-c2cccc(Cl)c2)sc1C(=O)NC1(C)CCS(=O)(=O)C1. The average molecular weight is 385 g/mol. The van der Waals surface area contributed by atoms with Gasteiger partial charge < -0.3 is 5.32 Å². The first-order chi connectivity index (χ1) is 11.2. The number of aryl methyl sites for hydroxylation is 1. The molecule has 1 fully saturated rings. The Morgan fingerprint density at radius 3 is 2.79 bits per heavy atom. The van der Waals surface area contributed by atoms with E-state index < -0.39 is 15.4 Å². The molecule has 1 atom stereocenters. The molecule has 1 aromatic carbocycles. The van der Waals surface area contributed by atoms with Crippen LogP contribution in [0.5, 0.6) is 0 Å². The molecule has 1 amide bonds. The van der Waals surface area contributed by atoms with Gasteiger partial charge in [-0.25, -0.2) is 13.4 Å². The van der Waals surface area contributed by atoms with Gasteiger partial charge in [0.1, 0.15) is 9.88 Å². The monoisotopic (exact) mass is 384 g/mol. The molecule has 1 aliphatic rings. The van der Waals surface area contributed by atoms with Crippen LogP contribution in [0, 0.1) is 6.92 Å². The molecule has 0 radical (unpaired) electrons. The van der Waals surface area contributed by atoms with Crippen LogP contribution in [0.1, 0.15) is 28.7 Å². The van der Waals surface area contributed by atoms with Gasteiger partial charge in [-0.15, -0.1) is 11.3 Å². The van der Waals surface area contributed by atoms with Crippen molar-refractivity contribution in [1.82, 2.24) is 10.3 Å². The van der Waals surface area contributed by atoms with E-state index in [1.54, 1.807) is 26.0 Å². The number of nitrogens with one attached hydrogen (secondary N) is 1. The van der Waals surface area contributed by atoms with E-state index >= 15 is 0 Å². The van der Waals surface area contributed by atoms with Crippen molar-refractivity contribution in [3.8, 4) is 10.6 Å². The third-order valence-corrected chi connectivity index (χ3v) is 7.34. The summed E-state index contributed by atoms with van der Waals surface area (Å²) >= 11 is 7.28. The fraction of sp³-hybridized carbons (Fsp3) is 0.375. The summed E-state index contributed by atoms with van der Waals surface area (Å²) in [7, 11) is -3.08. The highest BCUT2D eigenvalue weighted by atomic mass is 35.5. The molecule has 3 rings (SSSR count). The first-order valence-electron chi connectivity index (χ1n) is 7.44. The Hall–Kier alpha value is -1.44. The number of amides is 1. The zero-order chi connectivity index (χ0) is 17.5. The number of nitrogens with zero attached hydrogens (tertiary/aromatic N) is 1. The van der Waals surface area contributed by atoms with Crippen molar-refractivity contribution < 1.29 is 13.2 Å². The van der Waals surface area contributed by atoms with Crippen molar-refractivity contribution in [2.45, 2.75) is 25.8 Å². The summed E-state index contributed by atoms with van der Waals surface area (Å²) in [6, 6.07) is 7.29. The average Bonchev–Trinajstić information content (AvgIpc) is 2.99. The summed E-state index contributed by atoms with van der Waals surface area (Å²) < 4.78 is 23.4. The lowest BCUT2D eigenvalue weighted by Crippen LogP contribution is -2.46. The number of sulfone groups is 1. The second-order valence-electron chi connectivity index (χ2n) is 6.30. The molecule has 1 aromatic heterocycles. The predicted molar refractivity (Wildman–Crippen MR) is 96.4 cm³/mol. The van der Waals surface area contributed by atoms with Gasteiger partial charge >= 0.3 is 0 Å². The molecule has 24 heavy (non-hydrogen) atoms. The maximum atomic E-state index is 12.6. The van der Waals surface area contributed by atoms with Gasteiger partial charge in [-0.1, -0.05) is 23.7 Å². The van der Waals surface area contributed by atoms with Crippen LogP contribution in [-0.2, 0) is 9.84 Å². The van der Waals surface area contributed by atoms with E-state index in [-0.39, 0.29) is 17.4 Å². The lowest BCUT2D eigenvalue weighted by atomic mass is 10.0. The lowest BCUT2D eigenvalue weighted by molar-refractivity contribution is 0.0919. The van der Waals surface area contributed by atoms with E-state index in [9.17, 15) is 13.2 Å². The summed E-state index contributed by atoms with van der Waals surface area (Å²) in [5.74, 6) is -0.192. The number of aromatic nitrogens is 1. The minimum atomic E-state index is -3.08. The lowest BCUT2D eigenvalue weighted by Gasteiger charge is -2.23. The molecule has 2 heterocycles. The number of benzene rings is 1.